The first-order valence-electron chi connectivity index (χ1n) is 9.61. The number of hydrogen-bond donors (Lipinski definition) is 0. The molecule has 1 aliphatic heterocycles. The molecule has 3 rings (SSSR count). The van der Waals surface area contributed by atoms with Gasteiger partial charge < -0.3 is 9.64 Å². The Labute approximate surface area is 162 Å². The second kappa shape index (κ2) is 8.24. The molecule has 4 nitrogen and oxygen atoms in total. The lowest BCUT2D eigenvalue weighted by atomic mass is 9.83. The third kappa shape index (κ3) is 4.07. The van der Waals surface area contributed by atoms with Crippen LogP contribution in [0.3, 0.4) is 0 Å². The van der Waals surface area contributed by atoms with E-state index < -0.39 is 5.54 Å². The number of likely N-dealkylation sites (N-methyl/N-ethyl adjacent to an activating group) is 1. The first-order chi connectivity index (χ1) is 12.9. The highest BCUT2D eigenvalue weighted by Gasteiger charge is 2.42. The lowest BCUT2D eigenvalue weighted by Crippen LogP contribution is -2.55. The summed E-state index contributed by atoms with van der Waals surface area (Å²) in [5.74, 6) is 0.146. The number of rotatable bonds is 5. The van der Waals surface area contributed by atoms with Gasteiger partial charge in [-0.2, -0.15) is 0 Å². The highest BCUT2D eigenvalue weighted by molar-refractivity contribution is 5.88. The van der Waals surface area contributed by atoms with Crippen LogP contribution < -0.4 is 0 Å². The Hall–Kier alpha value is -2.17. The minimum absolute atomic E-state index is 0.146. The van der Waals surface area contributed by atoms with Gasteiger partial charge in [0, 0.05) is 13.1 Å². The molecule has 0 aliphatic carbocycles. The van der Waals surface area contributed by atoms with E-state index in [9.17, 15) is 4.79 Å². The summed E-state index contributed by atoms with van der Waals surface area (Å²) in [7, 11) is 3.97. The van der Waals surface area contributed by atoms with Gasteiger partial charge in [-0.05, 0) is 51.1 Å². The molecule has 1 heterocycles. The molecule has 27 heavy (non-hydrogen) atoms. The average Bonchev–Trinajstić information content (AvgIpc) is 2.69. The highest BCUT2D eigenvalue weighted by atomic mass is 16.5. The van der Waals surface area contributed by atoms with Crippen molar-refractivity contribution in [3.8, 4) is 0 Å². The normalized spacial score (nSPS) is 17.0. The summed E-state index contributed by atoms with van der Waals surface area (Å²) in [6, 6.07) is 17.0. The first-order valence-corrected chi connectivity index (χ1v) is 9.61. The molecular formula is C23H30N2O2. The fourth-order valence-electron chi connectivity index (χ4n) is 3.70. The van der Waals surface area contributed by atoms with Crippen LogP contribution >= 0.6 is 0 Å². The van der Waals surface area contributed by atoms with E-state index in [4.69, 9.17) is 4.74 Å². The molecule has 0 saturated carbocycles. The molecule has 1 atom stereocenters. The number of benzene rings is 2. The van der Waals surface area contributed by atoms with Crippen molar-refractivity contribution in [2.24, 2.45) is 0 Å². The number of ether oxygens (including phenoxy) is 1. The summed E-state index contributed by atoms with van der Waals surface area (Å²) in [5.41, 5.74) is 4.07. The Kier molecular flexibility index (Phi) is 5.98. The maximum Gasteiger partial charge on any atom is 0.247 e. The number of amides is 1. The Morgan fingerprint density at radius 2 is 1.70 bits per heavy atom. The zero-order valence-electron chi connectivity index (χ0n) is 16.9. The molecule has 1 unspecified atom stereocenters. The average molecular weight is 367 g/mol. The summed E-state index contributed by atoms with van der Waals surface area (Å²) < 4.78 is 5.43. The van der Waals surface area contributed by atoms with Crippen molar-refractivity contribution in [1.82, 2.24) is 9.80 Å². The van der Waals surface area contributed by atoms with Crippen molar-refractivity contribution in [1.29, 1.82) is 0 Å². The van der Waals surface area contributed by atoms with Crippen LogP contribution in [0.15, 0.2) is 48.5 Å². The summed E-state index contributed by atoms with van der Waals surface area (Å²) in [6.45, 7) is 6.67. The SMILES string of the molecule is Cc1ccc(Cc2ccccc2C(C)(C(=O)N2CCOCC2)N(C)C)cc1. The number of carbonyl (C=O) groups excluding carboxylic acids is 1. The second-order valence-corrected chi connectivity index (χ2v) is 7.69. The highest BCUT2D eigenvalue weighted by Crippen LogP contribution is 2.32. The van der Waals surface area contributed by atoms with Gasteiger partial charge in [-0.15, -0.1) is 0 Å². The quantitative estimate of drug-likeness (QED) is 0.815. The standard InChI is InChI=1S/C23H30N2O2/c1-18-9-11-19(12-10-18)17-20-7-5-6-8-21(20)23(2,24(3)4)22(26)25-13-15-27-16-14-25/h5-12H,13-17H2,1-4H3. The van der Waals surface area contributed by atoms with Gasteiger partial charge in [0.2, 0.25) is 5.91 Å². The molecule has 0 N–H and O–H groups in total. The minimum Gasteiger partial charge on any atom is -0.378 e. The summed E-state index contributed by atoms with van der Waals surface area (Å²) in [5, 5.41) is 0. The Morgan fingerprint density at radius 1 is 1.07 bits per heavy atom. The molecule has 1 amide bonds. The van der Waals surface area contributed by atoms with Gasteiger partial charge in [0.05, 0.1) is 13.2 Å². The van der Waals surface area contributed by atoms with E-state index in [0.29, 0.717) is 26.3 Å². The molecule has 0 radical (unpaired) electrons. The minimum atomic E-state index is -0.710. The molecule has 0 spiro atoms. The zero-order valence-corrected chi connectivity index (χ0v) is 16.9. The molecule has 144 valence electrons. The van der Waals surface area contributed by atoms with E-state index in [1.54, 1.807) is 0 Å². The van der Waals surface area contributed by atoms with Crippen LogP contribution in [0, 0.1) is 6.92 Å². The van der Waals surface area contributed by atoms with Gasteiger partial charge in [0.15, 0.2) is 0 Å². The van der Waals surface area contributed by atoms with Crippen molar-refractivity contribution >= 4 is 5.91 Å². The summed E-state index contributed by atoms with van der Waals surface area (Å²) >= 11 is 0. The largest absolute Gasteiger partial charge is 0.378 e. The molecular weight excluding hydrogens is 336 g/mol. The number of carbonyl (C=O) groups is 1. The van der Waals surface area contributed by atoms with E-state index >= 15 is 0 Å². The summed E-state index contributed by atoms with van der Waals surface area (Å²) in [6.07, 6.45) is 0.816. The third-order valence-electron chi connectivity index (χ3n) is 5.67. The van der Waals surface area contributed by atoms with Crippen LogP contribution in [0.25, 0.3) is 0 Å². The lowest BCUT2D eigenvalue weighted by Gasteiger charge is -2.41. The Bertz CT molecular complexity index is 779. The van der Waals surface area contributed by atoms with Crippen molar-refractivity contribution in [2.45, 2.75) is 25.8 Å². The van der Waals surface area contributed by atoms with Crippen molar-refractivity contribution in [3.05, 3.63) is 70.8 Å². The van der Waals surface area contributed by atoms with Crippen LogP contribution in [-0.4, -0.2) is 56.1 Å². The number of aryl methyl sites for hydroxylation is 1. The monoisotopic (exact) mass is 366 g/mol. The Morgan fingerprint density at radius 3 is 2.33 bits per heavy atom. The molecule has 1 aliphatic rings. The van der Waals surface area contributed by atoms with Crippen LogP contribution in [0.4, 0.5) is 0 Å². The van der Waals surface area contributed by atoms with E-state index in [1.165, 1.54) is 16.7 Å². The van der Waals surface area contributed by atoms with E-state index in [0.717, 1.165) is 12.0 Å². The van der Waals surface area contributed by atoms with Gasteiger partial charge >= 0.3 is 0 Å². The van der Waals surface area contributed by atoms with Gasteiger partial charge in [-0.25, -0.2) is 0 Å². The molecule has 2 aromatic carbocycles. The third-order valence-corrected chi connectivity index (χ3v) is 5.67. The van der Waals surface area contributed by atoms with Gasteiger partial charge in [0.25, 0.3) is 0 Å². The number of hydrogen-bond acceptors (Lipinski definition) is 3. The number of nitrogens with zero attached hydrogens (tertiary/aromatic N) is 2. The molecule has 4 heteroatoms. The molecule has 2 aromatic rings. The van der Waals surface area contributed by atoms with Crippen LogP contribution in [0.2, 0.25) is 0 Å². The smallest absolute Gasteiger partial charge is 0.247 e. The van der Waals surface area contributed by atoms with Crippen molar-refractivity contribution in [3.63, 3.8) is 0 Å². The maximum atomic E-state index is 13.5. The fourth-order valence-corrected chi connectivity index (χ4v) is 3.70. The molecule has 0 bridgehead atoms. The lowest BCUT2D eigenvalue weighted by molar-refractivity contribution is -0.147. The van der Waals surface area contributed by atoms with Gasteiger partial charge in [0.1, 0.15) is 5.54 Å². The predicted molar refractivity (Wildman–Crippen MR) is 109 cm³/mol. The van der Waals surface area contributed by atoms with E-state index in [-0.39, 0.29) is 5.91 Å². The molecule has 1 saturated heterocycles. The fraction of sp³-hybridized carbons (Fsp3) is 0.435. The predicted octanol–water partition coefficient (Wildman–Crippen LogP) is 3.22. The molecule has 0 aromatic heterocycles. The second-order valence-electron chi connectivity index (χ2n) is 7.69. The van der Waals surface area contributed by atoms with Crippen molar-refractivity contribution in [2.75, 3.05) is 40.4 Å². The van der Waals surface area contributed by atoms with E-state index in [1.807, 2.05) is 36.9 Å². The Balaban J connectivity index is 1.98. The van der Waals surface area contributed by atoms with Crippen LogP contribution in [-0.2, 0) is 21.5 Å². The summed E-state index contributed by atoms with van der Waals surface area (Å²) in [4.78, 5) is 17.5. The van der Waals surface area contributed by atoms with E-state index in [2.05, 4.69) is 49.4 Å². The number of morpholine rings is 1. The maximum absolute atomic E-state index is 13.5. The first kappa shape index (κ1) is 19.6. The zero-order chi connectivity index (χ0) is 19.4. The van der Waals surface area contributed by atoms with Crippen LogP contribution in [0.1, 0.15) is 29.2 Å². The van der Waals surface area contributed by atoms with Crippen molar-refractivity contribution < 1.29 is 9.53 Å². The van der Waals surface area contributed by atoms with Crippen LogP contribution in [0.5, 0.6) is 0 Å². The van der Waals surface area contributed by atoms with Gasteiger partial charge in [-0.3, -0.25) is 9.69 Å². The van der Waals surface area contributed by atoms with Gasteiger partial charge in [-0.1, -0.05) is 54.1 Å². The topological polar surface area (TPSA) is 32.8 Å². The molecule has 1 fully saturated rings.